The van der Waals surface area contributed by atoms with Crippen molar-refractivity contribution in [1.29, 1.82) is 0 Å². The minimum absolute atomic E-state index is 0.0865. The standard InChI is InChI=1S/C11H10Br2N2O2S2/c12-7-1-2-11(9(14)5-7)19(16,17)15-6-10-8(13)3-4-18-10/h1-5,15H,6,14H2. The van der Waals surface area contributed by atoms with Crippen molar-refractivity contribution in [1.82, 2.24) is 4.72 Å². The molecular weight excluding hydrogens is 416 g/mol. The number of hydrogen-bond acceptors (Lipinski definition) is 4. The van der Waals surface area contributed by atoms with Gasteiger partial charge in [-0.3, -0.25) is 0 Å². The molecule has 3 N–H and O–H groups in total. The Bertz CT molecular complexity index is 698. The fraction of sp³-hybridized carbons (Fsp3) is 0.0909. The highest BCUT2D eigenvalue weighted by Crippen LogP contribution is 2.25. The zero-order valence-corrected chi connectivity index (χ0v) is 14.4. The Kier molecular flexibility index (Phi) is 4.67. The van der Waals surface area contributed by atoms with Crippen molar-refractivity contribution in [2.45, 2.75) is 11.4 Å². The minimum Gasteiger partial charge on any atom is -0.398 e. The molecule has 1 aromatic heterocycles. The van der Waals surface area contributed by atoms with Crippen LogP contribution in [0, 0.1) is 0 Å². The fourth-order valence-corrected chi connectivity index (χ4v) is 4.46. The van der Waals surface area contributed by atoms with Gasteiger partial charge in [0, 0.05) is 20.4 Å². The number of rotatable bonds is 4. The second-order valence-corrected chi connectivity index (χ2v) is 8.20. The largest absolute Gasteiger partial charge is 0.398 e. The molecule has 8 heteroatoms. The van der Waals surface area contributed by atoms with E-state index < -0.39 is 10.0 Å². The number of anilines is 1. The van der Waals surface area contributed by atoms with Gasteiger partial charge in [0.15, 0.2) is 0 Å². The van der Waals surface area contributed by atoms with Crippen LogP contribution in [0.25, 0.3) is 0 Å². The molecule has 0 saturated heterocycles. The van der Waals surface area contributed by atoms with Crippen molar-refractivity contribution in [2.24, 2.45) is 0 Å². The Labute approximate surface area is 132 Å². The van der Waals surface area contributed by atoms with E-state index in [1.165, 1.54) is 17.4 Å². The average molecular weight is 426 g/mol. The van der Waals surface area contributed by atoms with Crippen LogP contribution < -0.4 is 10.5 Å². The first-order chi connectivity index (χ1) is 8.90. The number of thiophene rings is 1. The Morgan fingerprint density at radius 1 is 1.26 bits per heavy atom. The van der Waals surface area contributed by atoms with Crippen LogP contribution >= 0.6 is 43.2 Å². The molecule has 2 aromatic rings. The van der Waals surface area contributed by atoms with Crippen molar-refractivity contribution in [3.63, 3.8) is 0 Å². The average Bonchev–Trinajstić information content (AvgIpc) is 2.72. The summed E-state index contributed by atoms with van der Waals surface area (Å²) in [5.74, 6) is 0. The molecule has 0 fully saturated rings. The van der Waals surface area contributed by atoms with E-state index in [0.717, 1.165) is 13.8 Å². The molecule has 0 spiro atoms. The first-order valence-corrected chi connectivity index (χ1v) is 9.11. The highest BCUT2D eigenvalue weighted by molar-refractivity contribution is 9.10. The van der Waals surface area contributed by atoms with Gasteiger partial charge in [0.05, 0.1) is 5.69 Å². The zero-order valence-electron chi connectivity index (χ0n) is 9.56. The molecular formula is C11H10Br2N2O2S2. The second kappa shape index (κ2) is 5.92. The molecule has 102 valence electrons. The highest BCUT2D eigenvalue weighted by Gasteiger charge is 2.17. The summed E-state index contributed by atoms with van der Waals surface area (Å²) in [6, 6.07) is 6.56. The lowest BCUT2D eigenvalue weighted by Gasteiger charge is -2.09. The number of nitrogen functional groups attached to an aromatic ring is 1. The van der Waals surface area contributed by atoms with Gasteiger partial charge in [-0.25, -0.2) is 13.1 Å². The molecule has 4 nitrogen and oxygen atoms in total. The molecule has 0 atom stereocenters. The Hall–Kier alpha value is -0.410. The molecule has 0 bridgehead atoms. The Morgan fingerprint density at radius 3 is 2.58 bits per heavy atom. The van der Waals surface area contributed by atoms with Gasteiger partial charge in [-0.05, 0) is 45.6 Å². The molecule has 0 aliphatic heterocycles. The van der Waals surface area contributed by atoms with Crippen molar-refractivity contribution in [3.05, 3.63) is 43.5 Å². The third kappa shape index (κ3) is 3.57. The summed E-state index contributed by atoms with van der Waals surface area (Å²) in [6.07, 6.45) is 0. The molecule has 0 unspecified atom stereocenters. The van der Waals surface area contributed by atoms with Crippen molar-refractivity contribution in [3.8, 4) is 0 Å². The van der Waals surface area contributed by atoms with Crippen LogP contribution in [0.5, 0.6) is 0 Å². The maximum Gasteiger partial charge on any atom is 0.242 e. The monoisotopic (exact) mass is 424 g/mol. The summed E-state index contributed by atoms with van der Waals surface area (Å²) >= 11 is 8.08. The zero-order chi connectivity index (χ0) is 14.0. The fourth-order valence-electron chi connectivity index (χ4n) is 1.45. The molecule has 0 aliphatic carbocycles. The molecule has 1 heterocycles. The highest BCUT2D eigenvalue weighted by atomic mass is 79.9. The minimum atomic E-state index is -3.61. The van der Waals surface area contributed by atoms with Gasteiger partial charge in [0.1, 0.15) is 4.90 Å². The summed E-state index contributed by atoms with van der Waals surface area (Å²) in [6.45, 7) is 0.232. The maximum absolute atomic E-state index is 12.2. The number of hydrogen-bond donors (Lipinski definition) is 2. The van der Waals surface area contributed by atoms with Crippen molar-refractivity contribution >= 4 is 58.9 Å². The number of nitrogens with two attached hydrogens (primary N) is 1. The van der Waals surface area contributed by atoms with Gasteiger partial charge in [0.2, 0.25) is 10.0 Å². The van der Waals surface area contributed by atoms with E-state index in [1.807, 2.05) is 11.4 Å². The maximum atomic E-state index is 12.2. The quantitative estimate of drug-likeness (QED) is 0.737. The third-order valence-corrected chi connectivity index (χ3v) is 6.27. The third-order valence-electron chi connectivity index (χ3n) is 2.38. The number of halogens is 2. The normalized spacial score (nSPS) is 11.7. The SMILES string of the molecule is Nc1cc(Br)ccc1S(=O)(=O)NCc1sccc1Br. The smallest absolute Gasteiger partial charge is 0.242 e. The molecule has 0 radical (unpaired) electrons. The summed E-state index contributed by atoms with van der Waals surface area (Å²) in [5.41, 5.74) is 5.95. The summed E-state index contributed by atoms with van der Waals surface area (Å²) in [4.78, 5) is 1.00. The molecule has 0 saturated carbocycles. The van der Waals surface area contributed by atoms with E-state index in [-0.39, 0.29) is 17.1 Å². The van der Waals surface area contributed by atoms with E-state index >= 15 is 0 Å². The van der Waals surface area contributed by atoms with Crippen LogP contribution in [0.2, 0.25) is 0 Å². The molecule has 0 aliphatic rings. The van der Waals surface area contributed by atoms with Gasteiger partial charge in [-0.1, -0.05) is 15.9 Å². The summed E-state index contributed by atoms with van der Waals surface area (Å²) in [5, 5.41) is 1.89. The van der Waals surface area contributed by atoms with E-state index in [1.54, 1.807) is 12.1 Å². The van der Waals surface area contributed by atoms with E-state index in [2.05, 4.69) is 36.6 Å². The summed E-state index contributed by atoms with van der Waals surface area (Å²) in [7, 11) is -3.61. The second-order valence-electron chi connectivity index (χ2n) is 3.70. The molecule has 19 heavy (non-hydrogen) atoms. The van der Waals surface area contributed by atoms with Gasteiger partial charge in [0.25, 0.3) is 0 Å². The van der Waals surface area contributed by atoms with Crippen molar-refractivity contribution in [2.75, 3.05) is 5.73 Å². The Balaban J connectivity index is 2.21. The van der Waals surface area contributed by atoms with Crippen LogP contribution in [0.15, 0.2) is 43.5 Å². The van der Waals surface area contributed by atoms with E-state index in [4.69, 9.17) is 5.73 Å². The summed E-state index contributed by atoms with van der Waals surface area (Å²) < 4.78 is 28.5. The van der Waals surface area contributed by atoms with Crippen LogP contribution in [0.3, 0.4) is 0 Å². The van der Waals surface area contributed by atoms with Crippen LogP contribution in [0.4, 0.5) is 5.69 Å². The van der Waals surface area contributed by atoms with Crippen LogP contribution in [-0.2, 0) is 16.6 Å². The van der Waals surface area contributed by atoms with Crippen LogP contribution in [-0.4, -0.2) is 8.42 Å². The van der Waals surface area contributed by atoms with Gasteiger partial charge in [-0.15, -0.1) is 11.3 Å². The molecule has 1 aromatic carbocycles. The van der Waals surface area contributed by atoms with Gasteiger partial charge < -0.3 is 5.73 Å². The molecule has 2 rings (SSSR count). The van der Waals surface area contributed by atoms with Crippen molar-refractivity contribution < 1.29 is 8.42 Å². The predicted molar refractivity (Wildman–Crippen MR) is 84.6 cm³/mol. The molecule has 0 amide bonds. The number of nitrogens with one attached hydrogen (secondary N) is 1. The Morgan fingerprint density at radius 2 is 2.00 bits per heavy atom. The lowest BCUT2D eigenvalue weighted by molar-refractivity contribution is 0.582. The van der Waals surface area contributed by atoms with Gasteiger partial charge in [-0.2, -0.15) is 0 Å². The van der Waals surface area contributed by atoms with Crippen LogP contribution in [0.1, 0.15) is 4.88 Å². The first kappa shape index (κ1) is 15.0. The van der Waals surface area contributed by atoms with E-state index in [9.17, 15) is 8.42 Å². The lowest BCUT2D eigenvalue weighted by Crippen LogP contribution is -2.23. The number of sulfonamides is 1. The number of benzene rings is 1. The lowest BCUT2D eigenvalue weighted by atomic mass is 10.3. The van der Waals surface area contributed by atoms with E-state index in [0.29, 0.717) is 0 Å². The predicted octanol–water partition coefficient (Wildman–Crippen LogP) is 3.33. The first-order valence-electron chi connectivity index (χ1n) is 5.17. The van der Waals surface area contributed by atoms with Gasteiger partial charge >= 0.3 is 0 Å². The topological polar surface area (TPSA) is 72.2 Å².